The molecule has 0 spiro atoms. The van der Waals surface area contributed by atoms with Crippen molar-refractivity contribution in [1.82, 2.24) is 9.38 Å². The molecule has 0 saturated heterocycles. The maximum Gasteiger partial charge on any atom is 0.416 e. The monoisotopic (exact) mass is 292 g/mol. The maximum absolute atomic E-state index is 12.5. The Morgan fingerprint density at radius 3 is 2.38 bits per heavy atom. The zero-order valence-electron chi connectivity index (χ0n) is 10.7. The first-order valence-electron chi connectivity index (χ1n) is 6.24. The molecular weight excluding hydrogens is 281 g/mol. The summed E-state index contributed by atoms with van der Waals surface area (Å²) in [7, 11) is 0. The van der Waals surface area contributed by atoms with E-state index in [1.165, 1.54) is 12.1 Å². The summed E-state index contributed by atoms with van der Waals surface area (Å²) in [5, 5.41) is 10.2. The summed E-state index contributed by atoms with van der Waals surface area (Å²) in [5.74, 6) is 0. The van der Waals surface area contributed by atoms with Crippen LogP contribution in [0.2, 0.25) is 0 Å². The second-order valence-corrected chi connectivity index (χ2v) is 4.65. The van der Waals surface area contributed by atoms with Gasteiger partial charge in [-0.25, -0.2) is 4.98 Å². The quantitative estimate of drug-likeness (QED) is 0.785. The highest BCUT2D eigenvalue weighted by Crippen LogP contribution is 2.30. The van der Waals surface area contributed by atoms with Gasteiger partial charge >= 0.3 is 6.18 Å². The van der Waals surface area contributed by atoms with Crippen LogP contribution in [0.25, 0.3) is 5.65 Å². The normalized spacial score (nSPS) is 13.5. The van der Waals surface area contributed by atoms with Crippen molar-refractivity contribution in [2.45, 2.75) is 12.3 Å². The Labute approximate surface area is 118 Å². The predicted octanol–water partition coefficient (Wildman–Crippen LogP) is 3.43. The van der Waals surface area contributed by atoms with E-state index in [-0.39, 0.29) is 0 Å². The summed E-state index contributed by atoms with van der Waals surface area (Å²) >= 11 is 0. The largest absolute Gasteiger partial charge is 0.416 e. The van der Waals surface area contributed by atoms with Gasteiger partial charge in [0.05, 0.1) is 11.3 Å². The van der Waals surface area contributed by atoms with Gasteiger partial charge in [-0.2, -0.15) is 13.2 Å². The Morgan fingerprint density at radius 1 is 1.05 bits per heavy atom. The number of halogens is 3. The lowest BCUT2D eigenvalue weighted by Gasteiger charge is -2.10. The number of fused-ring (bicyclic) bond motifs is 1. The summed E-state index contributed by atoms with van der Waals surface area (Å²) in [6.07, 6.45) is -2.01. The third-order valence-corrected chi connectivity index (χ3v) is 3.22. The Bertz CT molecular complexity index is 729. The smallest absolute Gasteiger partial charge is 0.382 e. The summed E-state index contributed by atoms with van der Waals surface area (Å²) in [5.41, 5.74) is 0.680. The van der Waals surface area contributed by atoms with Gasteiger partial charge in [0.25, 0.3) is 0 Å². The lowest BCUT2D eigenvalue weighted by atomic mass is 10.0. The van der Waals surface area contributed by atoms with Crippen molar-refractivity contribution in [2.75, 3.05) is 0 Å². The van der Waals surface area contributed by atoms with Crippen LogP contribution >= 0.6 is 0 Å². The zero-order chi connectivity index (χ0) is 15.0. The average molecular weight is 292 g/mol. The molecule has 2 aromatic heterocycles. The van der Waals surface area contributed by atoms with Crippen LogP contribution in [0, 0.1) is 0 Å². The molecule has 3 nitrogen and oxygen atoms in total. The second-order valence-electron chi connectivity index (χ2n) is 4.65. The molecule has 1 unspecified atom stereocenters. The van der Waals surface area contributed by atoms with Crippen molar-refractivity contribution in [1.29, 1.82) is 0 Å². The van der Waals surface area contributed by atoms with E-state index in [4.69, 9.17) is 0 Å². The number of hydrogen-bond donors (Lipinski definition) is 1. The van der Waals surface area contributed by atoms with E-state index in [0.29, 0.717) is 16.9 Å². The summed E-state index contributed by atoms with van der Waals surface area (Å²) in [6.45, 7) is 0. The molecule has 0 amide bonds. The van der Waals surface area contributed by atoms with E-state index in [2.05, 4.69) is 4.98 Å². The molecule has 1 atom stereocenters. The second kappa shape index (κ2) is 4.89. The van der Waals surface area contributed by atoms with Crippen molar-refractivity contribution in [3.8, 4) is 0 Å². The molecule has 1 N–H and O–H groups in total. The summed E-state index contributed by atoms with van der Waals surface area (Å²) in [6, 6.07) is 9.85. The van der Waals surface area contributed by atoms with Gasteiger partial charge in [-0.05, 0) is 29.8 Å². The fourth-order valence-electron chi connectivity index (χ4n) is 2.11. The number of aliphatic hydroxyl groups is 1. The van der Waals surface area contributed by atoms with Crippen LogP contribution in [0.15, 0.2) is 54.9 Å². The van der Waals surface area contributed by atoms with Crippen LogP contribution in [0.5, 0.6) is 0 Å². The average Bonchev–Trinajstić information content (AvgIpc) is 2.89. The van der Waals surface area contributed by atoms with Crippen LogP contribution in [0.4, 0.5) is 13.2 Å². The van der Waals surface area contributed by atoms with Crippen LogP contribution in [-0.4, -0.2) is 14.5 Å². The number of aliphatic hydroxyl groups excluding tert-OH is 1. The molecule has 0 saturated carbocycles. The predicted molar refractivity (Wildman–Crippen MR) is 70.7 cm³/mol. The molecule has 0 aliphatic rings. The van der Waals surface area contributed by atoms with Crippen molar-refractivity contribution >= 4 is 5.65 Å². The van der Waals surface area contributed by atoms with Crippen molar-refractivity contribution < 1.29 is 18.3 Å². The summed E-state index contributed by atoms with van der Waals surface area (Å²) < 4.78 is 39.3. The van der Waals surface area contributed by atoms with Gasteiger partial charge in [-0.3, -0.25) is 0 Å². The van der Waals surface area contributed by atoms with E-state index in [1.54, 1.807) is 22.9 Å². The molecule has 0 fully saturated rings. The first-order chi connectivity index (χ1) is 9.95. The zero-order valence-corrected chi connectivity index (χ0v) is 10.7. The third kappa shape index (κ3) is 2.62. The molecule has 108 valence electrons. The highest BCUT2D eigenvalue weighted by Gasteiger charge is 2.30. The number of rotatable bonds is 2. The lowest BCUT2D eigenvalue weighted by molar-refractivity contribution is -0.137. The molecule has 1 aromatic carbocycles. The molecule has 0 bridgehead atoms. The number of pyridine rings is 1. The molecular formula is C15H11F3N2O. The number of nitrogens with zero attached hydrogens (tertiary/aromatic N) is 2. The van der Waals surface area contributed by atoms with Gasteiger partial charge in [-0.1, -0.05) is 18.2 Å². The standard InChI is InChI=1S/C15H11F3N2O/c16-15(17,18)11-6-4-10(5-7-11)14(21)12-9-20-8-2-1-3-13(20)19-12/h1-9,14,21H. The lowest BCUT2D eigenvalue weighted by Crippen LogP contribution is -2.06. The fourth-order valence-corrected chi connectivity index (χ4v) is 2.11. The van der Waals surface area contributed by atoms with Crippen molar-refractivity contribution in [2.24, 2.45) is 0 Å². The minimum Gasteiger partial charge on any atom is -0.382 e. The van der Waals surface area contributed by atoms with Crippen LogP contribution in [-0.2, 0) is 6.18 Å². The van der Waals surface area contributed by atoms with Crippen molar-refractivity contribution in [3.05, 3.63) is 71.7 Å². The first kappa shape index (κ1) is 13.6. The van der Waals surface area contributed by atoms with E-state index in [9.17, 15) is 18.3 Å². The van der Waals surface area contributed by atoms with E-state index in [0.717, 1.165) is 12.1 Å². The first-order valence-corrected chi connectivity index (χ1v) is 6.24. The number of hydrogen-bond acceptors (Lipinski definition) is 2. The van der Waals surface area contributed by atoms with Gasteiger partial charge < -0.3 is 9.51 Å². The van der Waals surface area contributed by atoms with Gasteiger partial charge in [0, 0.05) is 12.4 Å². The van der Waals surface area contributed by atoms with E-state index in [1.807, 2.05) is 12.1 Å². The van der Waals surface area contributed by atoms with Gasteiger partial charge in [0.2, 0.25) is 0 Å². The van der Waals surface area contributed by atoms with Crippen LogP contribution in [0.3, 0.4) is 0 Å². The molecule has 3 aromatic rings. The number of imidazole rings is 1. The molecule has 0 radical (unpaired) electrons. The Hall–Kier alpha value is -2.34. The molecule has 0 aliphatic carbocycles. The van der Waals surface area contributed by atoms with Gasteiger partial charge in [0.15, 0.2) is 0 Å². The topological polar surface area (TPSA) is 37.5 Å². The molecule has 3 rings (SSSR count). The minimum atomic E-state index is -4.38. The highest BCUT2D eigenvalue weighted by molar-refractivity contribution is 5.41. The molecule has 2 heterocycles. The van der Waals surface area contributed by atoms with E-state index < -0.39 is 17.8 Å². The SMILES string of the molecule is OC(c1ccc(C(F)(F)F)cc1)c1cn2ccccc2n1. The minimum absolute atomic E-state index is 0.367. The number of alkyl halides is 3. The van der Waals surface area contributed by atoms with Crippen molar-refractivity contribution in [3.63, 3.8) is 0 Å². The number of aromatic nitrogens is 2. The fraction of sp³-hybridized carbons (Fsp3) is 0.133. The highest BCUT2D eigenvalue weighted by atomic mass is 19.4. The van der Waals surface area contributed by atoms with Crippen LogP contribution < -0.4 is 0 Å². The molecule has 0 aliphatic heterocycles. The molecule has 6 heteroatoms. The Kier molecular flexibility index (Phi) is 3.17. The molecule has 21 heavy (non-hydrogen) atoms. The van der Waals surface area contributed by atoms with Gasteiger partial charge in [-0.15, -0.1) is 0 Å². The Morgan fingerprint density at radius 2 is 1.76 bits per heavy atom. The third-order valence-electron chi connectivity index (χ3n) is 3.22. The number of benzene rings is 1. The van der Waals surface area contributed by atoms with Crippen LogP contribution in [0.1, 0.15) is 22.9 Å². The summed E-state index contributed by atoms with van der Waals surface area (Å²) in [4.78, 5) is 4.25. The Balaban J connectivity index is 1.92. The van der Waals surface area contributed by atoms with Gasteiger partial charge in [0.1, 0.15) is 11.8 Å². The van der Waals surface area contributed by atoms with E-state index >= 15 is 0 Å². The maximum atomic E-state index is 12.5.